The molecule has 1 atom stereocenters. The van der Waals surface area contributed by atoms with E-state index in [9.17, 15) is 9.59 Å². The molecule has 2 heterocycles. The Morgan fingerprint density at radius 1 is 1.23 bits per heavy atom. The maximum Gasteiger partial charge on any atom is 0.439 e. The van der Waals surface area contributed by atoms with Crippen molar-refractivity contribution in [3.05, 3.63) is 68.7 Å². The zero-order valence-electron chi connectivity index (χ0n) is 16.4. The number of amides is 1. The van der Waals surface area contributed by atoms with Crippen LogP contribution in [0.1, 0.15) is 49.1 Å². The Morgan fingerprint density at radius 3 is 2.77 bits per heavy atom. The molecule has 1 amide bonds. The normalized spacial score (nSPS) is 15.6. The number of nitrogens with zero attached hydrogens (tertiary/aromatic N) is 2. The maximum absolute atomic E-state index is 13.3. The number of halogens is 1. The molecular formula is C22H23BrN4O3. The Balaban J connectivity index is 1.52. The number of carbonyl (C=O) groups is 1. The van der Waals surface area contributed by atoms with Crippen LogP contribution in [-0.4, -0.2) is 21.0 Å². The highest BCUT2D eigenvalue weighted by Gasteiger charge is 2.32. The zero-order valence-corrected chi connectivity index (χ0v) is 18.0. The van der Waals surface area contributed by atoms with Crippen molar-refractivity contribution in [2.45, 2.75) is 44.6 Å². The van der Waals surface area contributed by atoms with E-state index in [1.165, 1.54) is 19.3 Å². The molecule has 8 heteroatoms. The molecule has 1 saturated carbocycles. The van der Waals surface area contributed by atoms with Crippen LogP contribution >= 0.6 is 15.9 Å². The van der Waals surface area contributed by atoms with E-state index in [2.05, 4.69) is 40.9 Å². The lowest BCUT2D eigenvalue weighted by Gasteiger charge is -2.30. The van der Waals surface area contributed by atoms with Crippen molar-refractivity contribution < 1.29 is 9.32 Å². The Morgan fingerprint density at radius 2 is 2.03 bits per heavy atom. The van der Waals surface area contributed by atoms with Crippen molar-refractivity contribution in [2.75, 3.05) is 0 Å². The number of nitrogens with one attached hydrogen (secondary N) is 2. The molecule has 1 aromatic carbocycles. The molecule has 1 aliphatic carbocycles. The maximum atomic E-state index is 13.3. The molecule has 7 nitrogen and oxygen atoms in total. The smallest absolute Gasteiger partial charge is 0.351 e. The molecule has 156 valence electrons. The van der Waals surface area contributed by atoms with E-state index in [4.69, 9.17) is 0 Å². The summed E-state index contributed by atoms with van der Waals surface area (Å²) < 4.78 is 5.51. The van der Waals surface area contributed by atoms with Crippen molar-refractivity contribution >= 4 is 21.8 Å². The third kappa shape index (κ3) is 4.70. The minimum Gasteiger partial charge on any atom is -0.351 e. The van der Waals surface area contributed by atoms with E-state index in [0.717, 1.165) is 28.4 Å². The van der Waals surface area contributed by atoms with Crippen molar-refractivity contribution in [1.29, 1.82) is 0 Å². The third-order valence-corrected chi connectivity index (χ3v) is 6.34. The van der Waals surface area contributed by atoms with Gasteiger partial charge in [-0.05, 0) is 48.1 Å². The van der Waals surface area contributed by atoms with Crippen LogP contribution < -0.4 is 11.1 Å². The molecule has 4 rings (SSSR count). The van der Waals surface area contributed by atoms with Crippen LogP contribution in [0.4, 0.5) is 0 Å². The number of aromatic nitrogens is 3. The number of aromatic amines is 1. The molecule has 1 unspecified atom stereocenters. The quantitative estimate of drug-likeness (QED) is 0.562. The first-order chi connectivity index (χ1) is 14.6. The minimum atomic E-state index is -0.630. The summed E-state index contributed by atoms with van der Waals surface area (Å²) >= 11 is 3.63. The van der Waals surface area contributed by atoms with Gasteiger partial charge in [-0.1, -0.05) is 58.5 Å². The van der Waals surface area contributed by atoms with Gasteiger partial charge in [0.25, 0.3) is 0 Å². The Kier molecular flexibility index (Phi) is 6.42. The fraction of sp³-hybridized carbons (Fsp3) is 0.364. The summed E-state index contributed by atoms with van der Waals surface area (Å²) in [4.78, 5) is 31.2. The van der Waals surface area contributed by atoms with Gasteiger partial charge in [-0.3, -0.25) is 19.3 Å². The molecule has 0 saturated heterocycles. The molecule has 30 heavy (non-hydrogen) atoms. The van der Waals surface area contributed by atoms with Crippen molar-refractivity contribution in [1.82, 2.24) is 20.4 Å². The Hall–Kier alpha value is -2.74. The highest BCUT2D eigenvalue weighted by atomic mass is 79.9. The predicted octanol–water partition coefficient (Wildman–Crippen LogP) is 4.17. The summed E-state index contributed by atoms with van der Waals surface area (Å²) in [6, 6.07) is 11.6. The van der Waals surface area contributed by atoms with E-state index in [1.807, 2.05) is 30.3 Å². The van der Waals surface area contributed by atoms with Gasteiger partial charge in [0.15, 0.2) is 0 Å². The van der Waals surface area contributed by atoms with Gasteiger partial charge >= 0.3 is 5.76 Å². The van der Waals surface area contributed by atoms with Crippen LogP contribution in [0.2, 0.25) is 0 Å². The van der Waals surface area contributed by atoms with Gasteiger partial charge in [0.1, 0.15) is 5.69 Å². The SMILES string of the molecule is O=C(NCc1ccnc(-c2noc(=O)[nH]2)c1)C(c1ccccc1Br)C1CCCCC1. The van der Waals surface area contributed by atoms with E-state index in [1.54, 1.807) is 12.3 Å². The average molecular weight is 471 g/mol. The molecule has 2 N–H and O–H groups in total. The summed E-state index contributed by atoms with van der Waals surface area (Å²) in [5.74, 6) is -0.183. The van der Waals surface area contributed by atoms with Crippen LogP contribution in [0.25, 0.3) is 11.5 Å². The van der Waals surface area contributed by atoms with Crippen LogP contribution in [0.15, 0.2) is 56.4 Å². The standard InChI is InChI=1S/C22H23BrN4O3/c23-17-9-5-4-8-16(17)19(15-6-2-1-3-7-15)21(28)25-13-14-10-11-24-18(12-14)20-26-22(29)30-27-20/h4-5,8-12,15,19H,1-3,6-7,13H2,(H,25,28)(H,26,27,29). The molecule has 1 fully saturated rings. The zero-order chi connectivity index (χ0) is 20.9. The second kappa shape index (κ2) is 9.38. The topological polar surface area (TPSA) is 101 Å². The lowest BCUT2D eigenvalue weighted by molar-refractivity contribution is -0.124. The number of carbonyl (C=O) groups excluding carboxylic acids is 1. The van der Waals surface area contributed by atoms with E-state index >= 15 is 0 Å². The van der Waals surface area contributed by atoms with Crippen LogP contribution in [0.3, 0.4) is 0 Å². The largest absolute Gasteiger partial charge is 0.439 e. The highest BCUT2D eigenvalue weighted by molar-refractivity contribution is 9.10. The first-order valence-electron chi connectivity index (χ1n) is 10.2. The van der Waals surface area contributed by atoms with E-state index in [0.29, 0.717) is 18.2 Å². The predicted molar refractivity (Wildman–Crippen MR) is 116 cm³/mol. The first kappa shape index (κ1) is 20.5. The summed E-state index contributed by atoms with van der Waals surface area (Å²) in [5, 5.41) is 6.77. The molecule has 1 aliphatic rings. The van der Waals surface area contributed by atoms with E-state index < -0.39 is 5.76 Å². The fourth-order valence-electron chi connectivity index (χ4n) is 4.16. The Bertz CT molecular complexity index is 1070. The van der Waals surface area contributed by atoms with Gasteiger partial charge in [-0.2, -0.15) is 0 Å². The molecule has 0 aliphatic heterocycles. The first-order valence-corrected chi connectivity index (χ1v) is 10.9. The number of rotatable bonds is 6. The van der Waals surface area contributed by atoms with Crippen molar-refractivity contribution in [3.63, 3.8) is 0 Å². The highest BCUT2D eigenvalue weighted by Crippen LogP contribution is 2.39. The average Bonchev–Trinajstić information content (AvgIpc) is 3.21. The van der Waals surface area contributed by atoms with Gasteiger partial charge in [-0.25, -0.2) is 4.79 Å². The van der Waals surface area contributed by atoms with Gasteiger partial charge in [0.05, 0.1) is 5.92 Å². The fourth-order valence-corrected chi connectivity index (χ4v) is 4.69. The third-order valence-electron chi connectivity index (χ3n) is 5.62. The van der Waals surface area contributed by atoms with Crippen molar-refractivity contribution in [2.24, 2.45) is 5.92 Å². The number of H-pyrrole nitrogens is 1. The van der Waals surface area contributed by atoms with Crippen LogP contribution in [0, 0.1) is 5.92 Å². The Labute approximate surface area is 182 Å². The van der Waals surface area contributed by atoms with Gasteiger partial charge < -0.3 is 5.32 Å². The summed E-state index contributed by atoms with van der Waals surface area (Å²) in [6.45, 7) is 0.365. The summed E-state index contributed by atoms with van der Waals surface area (Å²) in [6.07, 6.45) is 7.34. The molecule has 2 aromatic heterocycles. The molecule has 0 bridgehead atoms. The minimum absolute atomic E-state index is 0.0296. The molecular weight excluding hydrogens is 448 g/mol. The number of benzene rings is 1. The van der Waals surface area contributed by atoms with Gasteiger partial charge in [0.2, 0.25) is 11.7 Å². The second-order valence-electron chi connectivity index (χ2n) is 7.61. The van der Waals surface area contributed by atoms with Crippen LogP contribution in [0.5, 0.6) is 0 Å². The molecule has 0 spiro atoms. The lowest BCUT2D eigenvalue weighted by atomic mass is 9.76. The monoisotopic (exact) mass is 470 g/mol. The number of pyridine rings is 1. The number of hydrogen-bond acceptors (Lipinski definition) is 5. The van der Waals surface area contributed by atoms with E-state index in [-0.39, 0.29) is 17.6 Å². The van der Waals surface area contributed by atoms with Gasteiger partial charge in [-0.15, -0.1) is 0 Å². The molecule has 0 radical (unpaired) electrons. The summed E-state index contributed by atoms with van der Waals surface area (Å²) in [5.41, 5.74) is 2.39. The molecule has 3 aromatic rings. The van der Waals surface area contributed by atoms with Crippen LogP contribution in [-0.2, 0) is 11.3 Å². The van der Waals surface area contributed by atoms with Crippen molar-refractivity contribution in [3.8, 4) is 11.5 Å². The van der Waals surface area contributed by atoms with Gasteiger partial charge in [0, 0.05) is 17.2 Å². The summed E-state index contributed by atoms with van der Waals surface area (Å²) in [7, 11) is 0. The lowest BCUT2D eigenvalue weighted by Crippen LogP contribution is -2.34. The second-order valence-corrected chi connectivity index (χ2v) is 8.46. The number of hydrogen-bond donors (Lipinski definition) is 2.